The van der Waals surface area contributed by atoms with Gasteiger partial charge in [-0.25, -0.2) is 0 Å². The third-order valence-corrected chi connectivity index (χ3v) is 3.60. The molecule has 0 nitrogen and oxygen atoms in total. The first-order valence-electron chi connectivity index (χ1n) is 2.24. The summed E-state index contributed by atoms with van der Waals surface area (Å²) in [4.78, 5) is 0. The standard InChI is InChI=1S/C4H7Cl3Si/c1-2-8-3-4(5,6)7/h2H,1,3,8H2. The monoisotopic (exact) mass is 188 g/mol. The van der Waals surface area contributed by atoms with Crippen molar-refractivity contribution in [1.29, 1.82) is 0 Å². The highest BCUT2D eigenvalue weighted by molar-refractivity contribution is 6.70. The Morgan fingerprint density at radius 3 is 2.12 bits per heavy atom. The van der Waals surface area contributed by atoms with Crippen molar-refractivity contribution in [3.63, 3.8) is 0 Å². The average molecular weight is 190 g/mol. The van der Waals surface area contributed by atoms with Crippen LogP contribution in [-0.2, 0) is 0 Å². The summed E-state index contributed by atoms with van der Waals surface area (Å²) in [6.45, 7) is 3.55. The molecule has 0 aliphatic rings. The zero-order valence-electron chi connectivity index (χ0n) is 4.33. The molecule has 0 unspecified atom stereocenters. The van der Waals surface area contributed by atoms with Crippen LogP contribution in [0.3, 0.4) is 0 Å². The van der Waals surface area contributed by atoms with E-state index in [1.54, 1.807) is 0 Å². The smallest absolute Gasteiger partial charge is 0.108 e. The molecule has 0 aromatic carbocycles. The third-order valence-electron chi connectivity index (χ3n) is 0.632. The van der Waals surface area contributed by atoms with Gasteiger partial charge in [0.25, 0.3) is 0 Å². The Balaban J connectivity index is 3.24. The van der Waals surface area contributed by atoms with E-state index in [1.807, 2.05) is 5.70 Å². The molecule has 0 aliphatic carbocycles. The van der Waals surface area contributed by atoms with Crippen LogP contribution in [0.15, 0.2) is 12.3 Å². The number of alkyl halides is 3. The van der Waals surface area contributed by atoms with E-state index in [4.69, 9.17) is 34.8 Å². The molecule has 0 radical (unpaired) electrons. The van der Waals surface area contributed by atoms with Crippen molar-refractivity contribution in [3.05, 3.63) is 12.3 Å². The summed E-state index contributed by atoms with van der Waals surface area (Å²) < 4.78 is -1.04. The molecule has 0 aromatic heterocycles. The van der Waals surface area contributed by atoms with Crippen LogP contribution < -0.4 is 0 Å². The van der Waals surface area contributed by atoms with Gasteiger partial charge in [-0.05, 0) is 6.04 Å². The third kappa shape index (κ3) is 6.83. The normalized spacial score (nSPS) is 12.9. The largest absolute Gasteiger partial charge is 0.188 e. The average Bonchev–Trinajstić information content (AvgIpc) is 1.59. The Morgan fingerprint density at radius 2 is 2.00 bits per heavy atom. The van der Waals surface area contributed by atoms with Crippen molar-refractivity contribution in [2.45, 2.75) is 9.84 Å². The molecule has 8 heavy (non-hydrogen) atoms. The van der Waals surface area contributed by atoms with Crippen LogP contribution in [0.5, 0.6) is 0 Å². The molecule has 0 fully saturated rings. The molecule has 0 N–H and O–H groups in total. The number of halogens is 3. The van der Waals surface area contributed by atoms with Crippen molar-refractivity contribution in [3.8, 4) is 0 Å². The van der Waals surface area contributed by atoms with Crippen LogP contribution in [0, 0.1) is 0 Å². The predicted octanol–water partition coefficient (Wildman–Crippen LogP) is 2.09. The molecule has 4 heteroatoms. The fourth-order valence-electron chi connectivity index (χ4n) is 0.266. The Morgan fingerprint density at radius 1 is 1.50 bits per heavy atom. The fraction of sp³-hybridized carbons (Fsp3) is 0.500. The zero-order chi connectivity index (χ0) is 6.62. The summed E-state index contributed by atoms with van der Waals surface area (Å²) >= 11 is 16.3. The summed E-state index contributed by atoms with van der Waals surface area (Å²) in [6.07, 6.45) is 0. The molecule has 0 rings (SSSR count). The lowest BCUT2D eigenvalue weighted by Gasteiger charge is -2.05. The molecule has 0 saturated carbocycles. The minimum Gasteiger partial charge on any atom is -0.108 e. The maximum atomic E-state index is 5.43. The Bertz CT molecular complexity index is 75.8. The van der Waals surface area contributed by atoms with Gasteiger partial charge >= 0.3 is 0 Å². The SMILES string of the molecule is C=C[SiH2]CC(Cl)(Cl)Cl. The van der Waals surface area contributed by atoms with Gasteiger partial charge in [-0.15, -0.1) is 12.3 Å². The molecular formula is C4H7Cl3Si. The first-order valence-corrected chi connectivity index (χ1v) is 5.19. The van der Waals surface area contributed by atoms with Gasteiger partial charge in [0.15, 0.2) is 3.79 Å². The van der Waals surface area contributed by atoms with E-state index in [-0.39, 0.29) is 9.52 Å². The second-order valence-electron chi connectivity index (χ2n) is 1.44. The zero-order valence-corrected chi connectivity index (χ0v) is 8.01. The second kappa shape index (κ2) is 3.78. The summed E-state index contributed by atoms with van der Waals surface area (Å²) in [6, 6.07) is 0.682. The molecule has 0 aliphatic heterocycles. The molecule has 0 heterocycles. The molecule has 0 saturated heterocycles. The summed E-state index contributed by atoms with van der Waals surface area (Å²) in [5.41, 5.74) is 1.86. The van der Waals surface area contributed by atoms with E-state index < -0.39 is 3.79 Å². The van der Waals surface area contributed by atoms with Crippen molar-refractivity contribution in [1.82, 2.24) is 0 Å². The van der Waals surface area contributed by atoms with Crippen LogP contribution >= 0.6 is 34.8 Å². The van der Waals surface area contributed by atoms with Gasteiger partial charge in [-0.3, -0.25) is 0 Å². The van der Waals surface area contributed by atoms with Gasteiger partial charge in [0.05, 0.1) is 0 Å². The van der Waals surface area contributed by atoms with Gasteiger partial charge in [-0.2, -0.15) is 0 Å². The molecule has 0 spiro atoms. The second-order valence-corrected chi connectivity index (χ2v) is 5.61. The highest BCUT2D eigenvalue weighted by Gasteiger charge is 2.17. The van der Waals surface area contributed by atoms with Crippen LogP contribution in [0.25, 0.3) is 0 Å². The van der Waals surface area contributed by atoms with Crippen molar-refractivity contribution in [2.24, 2.45) is 0 Å². The molecule has 0 aromatic rings. The highest BCUT2D eigenvalue weighted by Crippen LogP contribution is 2.29. The Hall–Kier alpha value is 0.827. The van der Waals surface area contributed by atoms with Gasteiger partial charge in [-0.1, -0.05) is 34.8 Å². The number of rotatable bonds is 2. The van der Waals surface area contributed by atoms with Crippen molar-refractivity contribution in [2.75, 3.05) is 0 Å². The first kappa shape index (κ1) is 8.83. The van der Waals surface area contributed by atoms with E-state index in [2.05, 4.69) is 6.58 Å². The summed E-state index contributed by atoms with van der Waals surface area (Å²) in [5.74, 6) is 0. The predicted molar refractivity (Wildman–Crippen MR) is 43.8 cm³/mol. The Kier molecular flexibility index (Phi) is 4.17. The quantitative estimate of drug-likeness (QED) is 0.461. The lowest BCUT2D eigenvalue weighted by atomic mass is 10.9. The first-order chi connectivity index (χ1) is 3.56. The van der Waals surface area contributed by atoms with Gasteiger partial charge < -0.3 is 0 Å². The van der Waals surface area contributed by atoms with Crippen LogP contribution in [0.2, 0.25) is 6.04 Å². The number of hydrogen-bond acceptors (Lipinski definition) is 0. The number of hydrogen-bond donors (Lipinski definition) is 0. The lowest BCUT2D eigenvalue weighted by Crippen LogP contribution is -2.03. The molecular weight excluding hydrogens is 182 g/mol. The maximum Gasteiger partial charge on any atom is 0.188 e. The summed E-state index contributed by atoms with van der Waals surface area (Å²) in [7, 11) is -0.314. The van der Waals surface area contributed by atoms with Gasteiger partial charge in [0.1, 0.15) is 0 Å². The van der Waals surface area contributed by atoms with Gasteiger partial charge in [0.2, 0.25) is 0 Å². The fourth-order valence-corrected chi connectivity index (χ4v) is 1.78. The molecule has 0 amide bonds. The summed E-state index contributed by atoms with van der Waals surface area (Å²) in [5, 5.41) is 0. The van der Waals surface area contributed by atoms with E-state index in [1.165, 1.54) is 0 Å². The van der Waals surface area contributed by atoms with E-state index in [0.29, 0.717) is 6.04 Å². The molecule has 0 atom stereocenters. The topological polar surface area (TPSA) is 0 Å². The van der Waals surface area contributed by atoms with E-state index in [0.717, 1.165) is 0 Å². The van der Waals surface area contributed by atoms with E-state index >= 15 is 0 Å². The lowest BCUT2D eigenvalue weighted by molar-refractivity contribution is 1.25. The Labute approximate surface area is 66.6 Å². The molecule has 0 bridgehead atoms. The maximum absolute atomic E-state index is 5.43. The van der Waals surface area contributed by atoms with E-state index in [9.17, 15) is 0 Å². The minimum absolute atomic E-state index is 0.314. The van der Waals surface area contributed by atoms with Crippen LogP contribution in [0.4, 0.5) is 0 Å². The molecule has 48 valence electrons. The van der Waals surface area contributed by atoms with Crippen molar-refractivity contribution < 1.29 is 0 Å². The highest BCUT2D eigenvalue weighted by atomic mass is 35.6. The van der Waals surface area contributed by atoms with Gasteiger partial charge in [0, 0.05) is 9.52 Å². The van der Waals surface area contributed by atoms with Crippen molar-refractivity contribution >= 4 is 44.3 Å². The van der Waals surface area contributed by atoms with Crippen LogP contribution in [0.1, 0.15) is 0 Å². The minimum atomic E-state index is -1.04. The van der Waals surface area contributed by atoms with Crippen LogP contribution in [-0.4, -0.2) is 13.3 Å².